The molecule has 0 rings (SSSR count). The first kappa shape index (κ1) is 10.8. The van der Waals surface area contributed by atoms with E-state index in [0.29, 0.717) is 0 Å². The van der Waals surface area contributed by atoms with Crippen LogP contribution in [0.3, 0.4) is 0 Å². The number of hydrogen-bond donors (Lipinski definition) is 0. The lowest BCUT2D eigenvalue weighted by molar-refractivity contribution is -0.128. The fourth-order valence-electron chi connectivity index (χ4n) is 0.780. The van der Waals surface area contributed by atoms with E-state index >= 15 is 0 Å². The zero-order chi connectivity index (χ0) is 9.61. The maximum absolute atomic E-state index is 9.96. The van der Waals surface area contributed by atoms with Crippen molar-refractivity contribution in [3.8, 4) is 6.07 Å². The fourth-order valence-corrected chi connectivity index (χ4v) is 0.780. The Balaban J connectivity index is 4.73. The topological polar surface area (TPSA) is 71.7 Å². The van der Waals surface area contributed by atoms with Gasteiger partial charge in [0.25, 0.3) is 0 Å². The summed E-state index contributed by atoms with van der Waals surface area (Å²) in [4.78, 5) is 13.3. The Morgan fingerprint density at radius 2 is 2.00 bits per heavy atom. The van der Waals surface area contributed by atoms with Gasteiger partial charge in [-0.2, -0.15) is 10.3 Å². The molecule has 1 atom stereocenters. The SMILES string of the molecule is COC(OC)C(C)(C#N)N=C=O. The quantitative estimate of drug-likeness (QED) is 0.344. The molecule has 5 nitrogen and oxygen atoms in total. The van der Waals surface area contributed by atoms with Gasteiger partial charge in [0, 0.05) is 14.2 Å². The van der Waals surface area contributed by atoms with Crippen LogP contribution in [0.4, 0.5) is 0 Å². The molecule has 0 bridgehead atoms. The number of carbonyl (C=O) groups excluding carboxylic acids is 1. The molecular weight excluding hydrogens is 160 g/mol. The van der Waals surface area contributed by atoms with E-state index in [2.05, 4.69) is 4.99 Å². The molecule has 5 heteroatoms. The third-order valence-electron chi connectivity index (χ3n) is 1.39. The number of ether oxygens (including phenoxy) is 2. The maximum atomic E-state index is 9.96. The molecule has 0 N–H and O–H groups in total. The first-order chi connectivity index (χ1) is 5.64. The Kier molecular flexibility index (Phi) is 4.16. The molecule has 0 heterocycles. The normalized spacial score (nSPS) is 14.6. The molecule has 0 radical (unpaired) electrons. The van der Waals surface area contributed by atoms with Crippen LogP contribution in [0.25, 0.3) is 0 Å². The van der Waals surface area contributed by atoms with Gasteiger partial charge in [-0.3, -0.25) is 0 Å². The number of methoxy groups -OCH3 is 2. The Morgan fingerprint density at radius 3 is 2.25 bits per heavy atom. The van der Waals surface area contributed by atoms with E-state index in [0.717, 1.165) is 0 Å². The third-order valence-corrected chi connectivity index (χ3v) is 1.39. The lowest BCUT2D eigenvalue weighted by Crippen LogP contribution is -2.38. The average Bonchev–Trinajstić information content (AvgIpc) is 2.07. The number of rotatable bonds is 4. The summed E-state index contributed by atoms with van der Waals surface area (Å²) in [6.45, 7) is 1.43. The van der Waals surface area contributed by atoms with Gasteiger partial charge in [0.05, 0.1) is 6.07 Å². The van der Waals surface area contributed by atoms with Gasteiger partial charge in [-0.15, -0.1) is 0 Å². The predicted octanol–water partition coefficient (Wildman–Crippen LogP) is 0.223. The van der Waals surface area contributed by atoms with Gasteiger partial charge in [0.2, 0.25) is 11.6 Å². The van der Waals surface area contributed by atoms with Crippen molar-refractivity contribution >= 4 is 6.08 Å². The smallest absolute Gasteiger partial charge is 0.236 e. The van der Waals surface area contributed by atoms with Crippen molar-refractivity contribution in [3.63, 3.8) is 0 Å². The van der Waals surface area contributed by atoms with Gasteiger partial charge in [0.1, 0.15) is 0 Å². The van der Waals surface area contributed by atoms with Gasteiger partial charge in [-0.1, -0.05) is 0 Å². The highest BCUT2D eigenvalue weighted by Gasteiger charge is 2.35. The Morgan fingerprint density at radius 1 is 1.50 bits per heavy atom. The highest BCUT2D eigenvalue weighted by molar-refractivity contribution is 5.36. The number of nitriles is 1. The van der Waals surface area contributed by atoms with Crippen LogP contribution in [-0.4, -0.2) is 32.1 Å². The summed E-state index contributed by atoms with van der Waals surface area (Å²) in [5.41, 5.74) is -1.33. The number of aliphatic imine (C=N–C) groups is 1. The van der Waals surface area contributed by atoms with Crippen LogP contribution < -0.4 is 0 Å². The van der Waals surface area contributed by atoms with E-state index in [1.54, 1.807) is 6.07 Å². The second-order valence-electron chi connectivity index (χ2n) is 2.27. The van der Waals surface area contributed by atoms with Crippen molar-refractivity contribution < 1.29 is 14.3 Å². The highest BCUT2D eigenvalue weighted by Crippen LogP contribution is 2.16. The first-order valence-electron chi connectivity index (χ1n) is 3.20. The van der Waals surface area contributed by atoms with Crippen molar-refractivity contribution in [1.29, 1.82) is 5.26 Å². The van der Waals surface area contributed by atoms with Crippen LogP contribution >= 0.6 is 0 Å². The van der Waals surface area contributed by atoms with Gasteiger partial charge < -0.3 is 9.47 Å². The molecule has 0 aromatic carbocycles. The summed E-state index contributed by atoms with van der Waals surface area (Å²) in [7, 11) is 2.73. The molecule has 66 valence electrons. The Hall–Kier alpha value is -1.21. The van der Waals surface area contributed by atoms with Gasteiger partial charge >= 0.3 is 0 Å². The summed E-state index contributed by atoms with van der Waals surface area (Å²) in [5.74, 6) is 0. The molecule has 12 heavy (non-hydrogen) atoms. The third kappa shape index (κ3) is 2.14. The molecule has 0 spiro atoms. The molecule has 0 aliphatic heterocycles. The second-order valence-corrected chi connectivity index (χ2v) is 2.27. The highest BCUT2D eigenvalue weighted by atomic mass is 16.7. The number of nitrogens with zero attached hydrogens (tertiary/aromatic N) is 2. The Labute approximate surface area is 70.6 Å². The monoisotopic (exact) mass is 170 g/mol. The number of isocyanates is 1. The molecule has 1 unspecified atom stereocenters. The lowest BCUT2D eigenvalue weighted by atomic mass is 10.1. The summed E-state index contributed by atoms with van der Waals surface area (Å²) in [6, 6.07) is 1.80. The largest absolute Gasteiger partial charge is 0.353 e. The predicted molar refractivity (Wildman–Crippen MR) is 39.9 cm³/mol. The fraction of sp³-hybridized carbons (Fsp3) is 0.714. The van der Waals surface area contributed by atoms with Crippen molar-refractivity contribution in [2.45, 2.75) is 18.8 Å². The summed E-state index contributed by atoms with van der Waals surface area (Å²) < 4.78 is 9.58. The zero-order valence-electron chi connectivity index (χ0n) is 7.20. The standard InChI is InChI=1S/C7H10N2O3/c1-7(4-8,9-5-10)6(11-2)12-3/h6H,1-3H3. The van der Waals surface area contributed by atoms with Crippen molar-refractivity contribution in [1.82, 2.24) is 0 Å². The van der Waals surface area contributed by atoms with Crippen LogP contribution in [0.2, 0.25) is 0 Å². The second kappa shape index (κ2) is 4.62. The minimum Gasteiger partial charge on any atom is -0.353 e. The van der Waals surface area contributed by atoms with E-state index < -0.39 is 11.8 Å². The van der Waals surface area contributed by atoms with Gasteiger partial charge in [-0.05, 0) is 6.92 Å². The molecule has 0 saturated heterocycles. The van der Waals surface area contributed by atoms with Gasteiger partial charge in [-0.25, -0.2) is 4.79 Å². The van der Waals surface area contributed by atoms with Crippen LogP contribution in [0.5, 0.6) is 0 Å². The maximum Gasteiger partial charge on any atom is 0.236 e. The van der Waals surface area contributed by atoms with E-state index in [-0.39, 0.29) is 0 Å². The van der Waals surface area contributed by atoms with E-state index in [1.807, 2.05) is 0 Å². The minimum absolute atomic E-state index is 0.857. The zero-order valence-corrected chi connectivity index (χ0v) is 7.20. The summed E-state index contributed by atoms with van der Waals surface area (Å²) in [6.07, 6.45) is 0.443. The van der Waals surface area contributed by atoms with Crippen molar-refractivity contribution in [2.75, 3.05) is 14.2 Å². The summed E-state index contributed by atoms with van der Waals surface area (Å²) >= 11 is 0. The van der Waals surface area contributed by atoms with Crippen molar-refractivity contribution in [2.24, 2.45) is 4.99 Å². The van der Waals surface area contributed by atoms with E-state index in [1.165, 1.54) is 27.2 Å². The van der Waals surface area contributed by atoms with Crippen LogP contribution in [0, 0.1) is 11.3 Å². The molecule has 0 amide bonds. The average molecular weight is 170 g/mol. The molecule has 0 fully saturated rings. The molecule has 0 saturated carbocycles. The van der Waals surface area contributed by atoms with Gasteiger partial charge in [0.15, 0.2) is 6.29 Å². The molecule has 0 aromatic rings. The van der Waals surface area contributed by atoms with Crippen LogP contribution in [-0.2, 0) is 14.3 Å². The minimum atomic E-state index is -1.33. The molecule has 0 aromatic heterocycles. The molecule has 0 aliphatic rings. The molecular formula is C7H10N2O3. The lowest BCUT2D eigenvalue weighted by Gasteiger charge is -2.23. The van der Waals surface area contributed by atoms with Crippen molar-refractivity contribution in [3.05, 3.63) is 0 Å². The first-order valence-corrected chi connectivity index (χ1v) is 3.20. The number of hydrogen-bond acceptors (Lipinski definition) is 5. The van der Waals surface area contributed by atoms with Crippen LogP contribution in [0.1, 0.15) is 6.92 Å². The van der Waals surface area contributed by atoms with E-state index in [4.69, 9.17) is 14.7 Å². The molecule has 0 aliphatic carbocycles. The van der Waals surface area contributed by atoms with Crippen LogP contribution in [0.15, 0.2) is 4.99 Å². The Bertz CT molecular complexity index is 225. The van der Waals surface area contributed by atoms with E-state index in [9.17, 15) is 4.79 Å². The summed E-state index contributed by atoms with van der Waals surface area (Å²) in [5, 5.41) is 8.67.